The Balaban J connectivity index is 1.25. The first-order chi connectivity index (χ1) is 15.7. The molecular weight excluding hydrogens is 436 g/mol. The number of hydrogen-bond acceptors (Lipinski definition) is 4. The third kappa shape index (κ3) is 4.43. The van der Waals surface area contributed by atoms with Crippen molar-refractivity contribution in [1.29, 1.82) is 0 Å². The zero-order valence-corrected chi connectivity index (χ0v) is 19.2. The van der Waals surface area contributed by atoms with Gasteiger partial charge < -0.3 is 10.6 Å². The summed E-state index contributed by atoms with van der Waals surface area (Å²) in [5.41, 5.74) is 3.49. The molecule has 2 atom stereocenters. The van der Waals surface area contributed by atoms with Crippen molar-refractivity contribution in [2.45, 2.75) is 34.7 Å². The number of benzene rings is 3. The molecule has 0 saturated carbocycles. The van der Waals surface area contributed by atoms with E-state index in [1.807, 2.05) is 47.8 Å². The van der Waals surface area contributed by atoms with Crippen LogP contribution in [0.2, 0.25) is 0 Å². The first-order valence-electron chi connectivity index (χ1n) is 10.8. The molecular formula is C26H24N2O2S2. The molecule has 0 bridgehead atoms. The van der Waals surface area contributed by atoms with Gasteiger partial charge in [0.05, 0.1) is 12.1 Å². The van der Waals surface area contributed by atoms with Crippen LogP contribution in [0.1, 0.15) is 56.8 Å². The minimum Gasteiger partial charge on any atom is -0.345 e. The average Bonchev–Trinajstić information content (AvgIpc) is 2.84. The number of carbonyl (C=O) groups is 2. The highest BCUT2D eigenvalue weighted by Gasteiger charge is 2.24. The molecule has 6 heteroatoms. The summed E-state index contributed by atoms with van der Waals surface area (Å²) in [5.74, 6) is 1.76. The highest BCUT2D eigenvalue weighted by atomic mass is 32.2. The molecule has 0 aromatic heterocycles. The van der Waals surface area contributed by atoms with E-state index >= 15 is 0 Å². The molecule has 2 N–H and O–H groups in total. The molecule has 0 fully saturated rings. The van der Waals surface area contributed by atoms with E-state index in [1.165, 1.54) is 20.9 Å². The van der Waals surface area contributed by atoms with Crippen molar-refractivity contribution in [3.8, 4) is 0 Å². The smallest absolute Gasteiger partial charge is 0.251 e. The third-order valence-electron chi connectivity index (χ3n) is 5.94. The van der Waals surface area contributed by atoms with Gasteiger partial charge in [-0.2, -0.15) is 0 Å². The summed E-state index contributed by atoms with van der Waals surface area (Å²) in [6.07, 6.45) is 1.82. The predicted octanol–water partition coefficient (Wildman–Crippen LogP) is 5.62. The van der Waals surface area contributed by atoms with Gasteiger partial charge in [0, 0.05) is 32.4 Å². The molecule has 4 nitrogen and oxygen atoms in total. The summed E-state index contributed by atoms with van der Waals surface area (Å²) in [4.78, 5) is 28.1. The summed E-state index contributed by atoms with van der Waals surface area (Å²) < 4.78 is 0. The summed E-state index contributed by atoms with van der Waals surface area (Å²) >= 11 is 3.67. The molecule has 0 spiro atoms. The van der Waals surface area contributed by atoms with E-state index in [4.69, 9.17) is 0 Å². The van der Waals surface area contributed by atoms with Crippen LogP contribution in [-0.2, 0) is 0 Å². The SMILES string of the molecule is O=C(NC1CCSc2ccccc21)c1ccc(C(=O)NC2CCSc3ccccc32)cc1. The maximum atomic E-state index is 12.8. The molecule has 2 aliphatic heterocycles. The number of nitrogens with one attached hydrogen (secondary N) is 2. The maximum absolute atomic E-state index is 12.8. The largest absolute Gasteiger partial charge is 0.345 e. The van der Waals surface area contributed by atoms with Gasteiger partial charge in [-0.25, -0.2) is 0 Å². The van der Waals surface area contributed by atoms with E-state index < -0.39 is 0 Å². The van der Waals surface area contributed by atoms with Crippen LogP contribution >= 0.6 is 23.5 Å². The predicted molar refractivity (Wildman–Crippen MR) is 130 cm³/mol. The number of amides is 2. The Morgan fingerprint density at radius 1 is 0.625 bits per heavy atom. The van der Waals surface area contributed by atoms with Crippen LogP contribution in [-0.4, -0.2) is 23.3 Å². The fraction of sp³-hybridized carbons (Fsp3) is 0.231. The Labute approximate surface area is 196 Å². The van der Waals surface area contributed by atoms with Crippen molar-refractivity contribution in [2.75, 3.05) is 11.5 Å². The van der Waals surface area contributed by atoms with E-state index in [0.29, 0.717) is 11.1 Å². The van der Waals surface area contributed by atoms with Crippen molar-refractivity contribution in [3.05, 3.63) is 95.1 Å². The molecule has 3 aromatic rings. The zero-order chi connectivity index (χ0) is 21.9. The Morgan fingerprint density at radius 3 is 1.47 bits per heavy atom. The van der Waals surface area contributed by atoms with Crippen LogP contribution in [0.5, 0.6) is 0 Å². The molecule has 2 amide bonds. The van der Waals surface area contributed by atoms with Crippen molar-refractivity contribution in [3.63, 3.8) is 0 Å². The highest BCUT2D eigenvalue weighted by molar-refractivity contribution is 7.99. The van der Waals surface area contributed by atoms with Crippen LogP contribution in [0, 0.1) is 0 Å². The van der Waals surface area contributed by atoms with Crippen molar-refractivity contribution in [1.82, 2.24) is 10.6 Å². The quantitative estimate of drug-likeness (QED) is 0.531. The van der Waals surface area contributed by atoms with Gasteiger partial charge in [-0.05, 0) is 60.4 Å². The first-order valence-corrected chi connectivity index (χ1v) is 12.8. The number of fused-ring (bicyclic) bond motifs is 2. The van der Waals surface area contributed by atoms with Crippen LogP contribution in [0.3, 0.4) is 0 Å². The second-order valence-corrected chi connectivity index (χ2v) is 10.3. The molecule has 3 aromatic carbocycles. The summed E-state index contributed by atoms with van der Waals surface area (Å²) in [6, 6.07) is 23.5. The number of rotatable bonds is 4. The molecule has 0 aliphatic carbocycles. The molecule has 32 heavy (non-hydrogen) atoms. The molecule has 5 rings (SSSR count). The number of hydrogen-bond donors (Lipinski definition) is 2. The first kappa shape index (κ1) is 21.2. The summed E-state index contributed by atoms with van der Waals surface area (Å²) in [7, 11) is 0. The Morgan fingerprint density at radius 2 is 1.03 bits per heavy atom. The van der Waals surface area contributed by atoms with E-state index in [1.54, 1.807) is 24.3 Å². The van der Waals surface area contributed by atoms with Gasteiger partial charge in [0.1, 0.15) is 0 Å². The van der Waals surface area contributed by atoms with E-state index in [9.17, 15) is 9.59 Å². The normalized spacial score (nSPS) is 19.4. The molecule has 0 saturated heterocycles. The van der Waals surface area contributed by atoms with Crippen LogP contribution in [0.4, 0.5) is 0 Å². The van der Waals surface area contributed by atoms with Gasteiger partial charge in [0.25, 0.3) is 11.8 Å². The Bertz CT molecular complexity index is 1060. The Kier molecular flexibility index (Phi) is 6.23. The van der Waals surface area contributed by atoms with Crippen LogP contribution in [0.25, 0.3) is 0 Å². The lowest BCUT2D eigenvalue weighted by Crippen LogP contribution is -2.31. The topological polar surface area (TPSA) is 58.2 Å². The lowest BCUT2D eigenvalue weighted by Gasteiger charge is -2.26. The van der Waals surface area contributed by atoms with Gasteiger partial charge in [-0.1, -0.05) is 36.4 Å². The van der Waals surface area contributed by atoms with Gasteiger partial charge in [0.15, 0.2) is 0 Å². The third-order valence-corrected chi connectivity index (χ3v) is 8.18. The lowest BCUT2D eigenvalue weighted by molar-refractivity contribution is 0.0923. The summed E-state index contributed by atoms with van der Waals surface area (Å²) in [5, 5.41) is 6.32. The molecule has 0 radical (unpaired) electrons. The van der Waals surface area contributed by atoms with Crippen LogP contribution in [0.15, 0.2) is 82.6 Å². The van der Waals surface area contributed by atoms with Gasteiger partial charge >= 0.3 is 0 Å². The number of carbonyl (C=O) groups excluding carboxylic acids is 2. The van der Waals surface area contributed by atoms with Crippen molar-refractivity contribution in [2.24, 2.45) is 0 Å². The van der Waals surface area contributed by atoms with Gasteiger partial charge in [-0.3, -0.25) is 9.59 Å². The fourth-order valence-electron chi connectivity index (χ4n) is 4.24. The maximum Gasteiger partial charge on any atom is 0.251 e. The molecule has 162 valence electrons. The van der Waals surface area contributed by atoms with Crippen molar-refractivity contribution >= 4 is 35.3 Å². The minimum atomic E-state index is -0.109. The fourth-order valence-corrected chi connectivity index (χ4v) is 6.49. The lowest BCUT2D eigenvalue weighted by atomic mass is 10.0. The standard InChI is InChI=1S/C26H24N2O2S2/c29-25(27-21-13-15-31-23-7-3-1-5-19(21)23)17-9-11-18(12-10-17)26(30)28-22-14-16-32-24-8-4-2-6-20(22)24/h1-12,21-22H,13-16H2,(H,27,29)(H,28,30). The zero-order valence-electron chi connectivity index (χ0n) is 17.5. The average molecular weight is 461 g/mol. The van der Waals surface area contributed by atoms with Gasteiger partial charge in [0.2, 0.25) is 0 Å². The molecule has 2 aliphatic rings. The van der Waals surface area contributed by atoms with E-state index in [-0.39, 0.29) is 23.9 Å². The van der Waals surface area contributed by atoms with Crippen LogP contribution < -0.4 is 10.6 Å². The summed E-state index contributed by atoms with van der Waals surface area (Å²) in [6.45, 7) is 0. The number of thioether (sulfide) groups is 2. The molecule has 2 unspecified atom stereocenters. The van der Waals surface area contributed by atoms with E-state index in [2.05, 4.69) is 34.9 Å². The van der Waals surface area contributed by atoms with Crippen molar-refractivity contribution < 1.29 is 9.59 Å². The molecule has 2 heterocycles. The highest BCUT2D eigenvalue weighted by Crippen LogP contribution is 2.37. The van der Waals surface area contributed by atoms with Gasteiger partial charge in [-0.15, -0.1) is 23.5 Å². The van der Waals surface area contributed by atoms with E-state index in [0.717, 1.165) is 24.3 Å². The minimum absolute atomic E-state index is 0.0205. The monoisotopic (exact) mass is 460 g/mol. The Hall–Kier alpha value is -2.70. The second kappa shape index (κ2) is 9.43. The second-order valence-electron chi connectivity index (χ2n) is 7.98.